The molecule has 2 aliphatic heterocycles. The maximum Gasteiger partial charge on any atom is 0.254 e. The number of benzene rings is 1. The van der Waals surface area contributed by atoms with Crippen molar-refractivity contribution >= 4 is 40.8 Å². The fourth-order valence-electron chi connectivity index (χ4n) is 10.0. The van der Waals surface area contributed by atoms with Gasteiger partial charge in [0.1, 0.15) is 29.6 Å². The normalized spacial score (nSPS) is 21.9. The Labute approximate surface area is 398 Å². The summed E-state index contributed by atoms with van der Waals surface area (Å²) in [6, 6.07) is 7.53. The van der Waals surface area contributed by atoms with E-state index in [4.69, 9.17) is 9.47 Å². The lowest BCUT2D eigenvalue weighted by atomic mass is 9.71. The molecule has 68 heavy (non-hydrogen) atoms. The molecule has 17 nitrogen and oxygen atoms in total. The zero-order chi connectivity index (χ0) is 48.8. The van der Waals surface area contributed by atoms with E-state index in [0.717, 1.165) is 85.9 Å². The molecule has 3 heterocycles. The third-order valence-electron chi connectivity index (χ3n) is 14.1. The third-order valence-corrected chi connectivity index (χ3v) is 14.1. The molecular formula is C51H69N6O11+. The number of pyridine rings is 1. The molecule has 4 amide bonds. The molecule has 0 spiro atoms. The number of ketones is 1. The summed E-state index contributed by atoms with van der Waals surface area (Å²) in [4.78, 5) is 71.4. The molecular weight excluding hydrogens is 873 g/mol. The highest BCUT2D eigenvalue weighted by molar-refractivity contribution is 6.16. The van der Waals surface area contributed by atoms with Crippen LogP contribution < -0.4 is 14.6 Å². The highest BCUT2D eigenvalue weighted by Crippen LogP contribution is 2.42. The van der Waals surface area contributed by atoms with Crippen LogP contribution in [0.2, 0.25) is 0 Å². The predicted octanol–water partition coefficient (Wildman–Crippen LogP) is 4.27. The van der Waals surface area contributed by atoms with Crippen LogP contribution in [-0.2, 0) is 41.7 Å². The molecule has 6 rings (SSSR count). The largest absolute Gasteiger partial charge is 0.460 e. The Morgan fingerprint density at radius 3 is 2.19 bits per heavy atom. The molecule has 1 aromatic carbocycles. The third kappa shape index (κ3) is 13.2. The van der Waals surface area contributed by atoms with E-state index >= 15 is 0 Å². The van der Waals surface area contributed by atoms with Crippen molar-refractivity contribution in [2.24, 2.45) is 10.4 Å². The van der Waals surface area contributed by atoms with Crippen LogP contribution in [0, 0.1) is 23.8 Å². The molecule has 2 saturated carbocycles. The van der Waals surface area contributed by atoms with Crippen LogP contribution in [0.3, 0.4) is 0 Å². The molecule has 5 N–H and O–H groups in total. The van der Waals surface area contributed by atoms with Gasteiger partial charge in [-0.25, -0.2) is 4.57 Å². The molecule has 4 atom stereocenters. The van der Waals surface area contributed by atoms with E-state index in [9.17, 15) is 49.7 Å². The highest BCUT2D eigenvalue weighted by atomic mass is 16.7. The average Bonchev–Trinajstić information content (AvgIpc) is 3.91. The van der Waals surface area contributed by atoms with E-state index in [1.807, 2.05) is 48.4 Å². The minimum absolute atomic E-state index is 0.00996. The molecule has 2 aliphatic carbocycles. The number of anilines is 1. The van der Waals surface area contributed by atoms with Crippen molar-refractivity contribution in [1.82, 2.24) is 9.80 Å². The molecule has 2 unspecified atom stereocenters. The quantitative estimate of drug-likeness (QED) is 0.0308. The number of nitrogens with one attached hydrogen (secondary N) is 1. The topological polar surface area (TPSA) is 243 Å². The van der Waals surface area contributed by atoms with Gasteiger partial charge < -0.3 is 40.1 Å². The van der Waals surface area contributed by atoms with Crippen molar-refractivity contribution in [2.75, 3.05) is 32.1 Å². The SMILES string of the molecule is Cc1cc(C[n+]2ccc(CC(CCCCCCCCC(=O)N(C)CC3(CO)CCCC3)=NC#N)cc2)cc(NC(=O)CCCC(=O)C2(N3C(=O)C=CC3=O)CCC2)c1OC1OCC(O)[C@H](O)[C@@H]1O. The Kier molecular flexibility index (Phi) is 18.5. The van der Waals surface area contributed by atoms with Crippen molar-refractivity contribution in [1.29, 1.82) is 5.26 Å². The Bertz CT molecular complexity index is 2190. The van der Waals surface area contributed by atoms with Gasteiger partial charge in [0.05, 0.1) is 18.9 Å². The lowest BCUT2D eigenvalue weighted by Crippen LogP contribution is -2.61. The second-order valence-corrected chi connectivity index (χ2v) is 19.3. The summed E-state index contributed by atoms with van der Waals surface area (Å²) in [7, 11) is 1.85. The van der Waals surface area contributed by atoms with Crippen LogP contribution in [0.5, 0.6) is 5.75 Å². The van der Waals surface area contributed by atoms with Crippen molar-refractivity contribution in [2.45, 2.75) is 166 Å². The summed E-state index contributed by atoms with van der Waals surface area (Å²) >= 11 is 0. The molecule has 0 radical (unpaired) electrons. The average molecular weight is 942 g/mol. The summed E-state index contributed by atoms with van der Waals surface area (Å²) in [5.41, 5.74) is 2.14. The number of nitrogens with zero attached hydrogens (tertiary/aromatic N) is 5. The van der Waals surface area contributed by atoms with Crippen molar-refractivity contribution in [3.8, 4) is 11.9 Å². The number of aliphatic hydroxyl groups excluding tert-OH is 4. The van der Waals surface area contributed by atoms with Gasteiger partial charge in [-0.15, -0.1) is 0 Å². The first kappa shape index (κ1) is 52.0. The maximum absolute atomic E-state index is 13.5. The number of hydrogen-bond acceptors (Lipinski definition) is 13. The second kappa shape index (κ2) is 24.3. The number of imide groups is 1. The van der Waals surface area contributed by atoms with Gasteiger partial charge in [0, 0.05) is 80.3 Å². The smallest absolute Gasteiger partial charge is 0.254 e. The van der Waals surface area contributed by atoms with E-state index in [1.165, 1.54) is 12.2 Å². The van der Waals surface area contributed by atoms with Gasteiger partial charge >= 0.3 is 0 Å². The standard InChI is InChI=1S/C51H68N6O11/c1-35-27-37(30-56-25-19-36(20-26-56)28-38(53-34-52)13-7-5-3-4-6-8-16-43(62)55(2)32-50(33-58)21-9-10-22-50)29-39(48(35)68-49-47(66)46(65)40(59)31-67-49)54-42(61)15-11-14-41(60)51(23-12-24-51)57-44(63)17-18-45(57)64/h17-20,25-27,29,40,46-47,49,58-59,65-66H,3-16,21-24,28,30-33H2,1-2H3/p+1/t40?,46-,47-,49?/m0/s1. The summed E-state index contributed by atoms with van der Waals surface area (Å²) in [5.74, 6) is -1.36. The Morgan fingerprint density at radius 1 is 0.897 bits per heavy atom. The van der Waals surface area contributed by atoms with Crippen molar-refractivity contribution in [3.05, 3.63) is 65.5 Å². The van der Waals surface area contributed by atoms with Gasteiger partial charge in [-0.1, -0.05) is 38.5 Å². The van der Waals surface area contributed by atoms with E-state index in [2.05, 4.69) is 10.3 Å². The van der Waals surface area contributed by atoms with E-state index in [0.29, 0.717) is 57.2 Å². The number of aryl methyl sites for hydroxylation is 1. The zero-order valence-electron chi connectivity index (χ0n) is 39.6. The predicted molar refractivity (Wildman–Crippen MR) is 250 cm³/mol. The number of rotatable bonds is 25. The van der Waals surface area contributed by atoms with Gasteiger partial charge in [-0.05, 0) is 88.0 Å². The van der Waals surface area contributed by atoms with Crippen molar-refractivity contribution < 1.29 is 58.4 Å². The minimum atomic E-state index is -1.58. The minimum Gasteiger partial charge on any atom is -0.460 e. The molecule has 1 saturated heterocycles. The van der Waals surface area contributed by atoms with Gasteiger partial charge in [-0.2, -0.15) is 10.3 Å². The maximum atomic E-state index is 13.5. The first-order valence-electron chi connectivity index (χ1n) is 24.3. The number of aliphatic imine (C=N–C) groups is 1. The molecule has 17 heteroatoms. The number of amides is 4. The fourth-order valence-corrected chi connectivity index (χ4v) is 10.0. The van der Waals surface area contributed by atoms with Crippen LogP contribution >= 0.6 is 0 Å². The Hall–Kier alpha value is -5.38. The van der Waals surface area contributed by atoms with Crippen LogP contribution in [0.25, 0.3) is 0 Å². The number of nitriles is 1. The summed E-state index contributed by atoms with van der Waals surface area (Å²) < 4.78 is 13.5. The van der Waals surface area contributed by atoms with Crippen LogP contribution in [-0.4, -0.2) is 122 Å². The molecule has 3 fully saturated rings. The Morgan fingerprint density at radius 2 is 1.56 bits per heavy atom. The van der Waals surface area contributed by atoms with Gasteiger partial charge in [-0.3, -0.25) is 28.9 Å². The van der Waals surface area contributed by atoms with Crippen LogP contribution in [0.15, 0.2) is 53.8 Å². The number of aliphatic hydroxyl groups is 4. The molecule has 2 aromatic rings. The number of aromatic nitrogens is 1. The molecule has 1 aromatic heterocycles. The summed E-state index contributed by atoms with van der Waals surface area (Å²) in [6.07, 6.45) is 15.8. The molecule has 4 aliphatic rings. The second-order valence-electron chi connectivity index (χ2n) is 19.3. The zero-order valence-corrected chi connectivity index (χ0v) is 39.6. The lowest BCUT2D eigenvalue weighted by molar-refractivity contribution is -0.688. The summed E-state index contributed by atoms with van der Waals surface area (Å²) in [5, 5.41) is 53.2. The number of Topliss-reactive ketones (excluding diaryl/α,β-unsaturated/α-hetero) is 1. The van der Waals surface area contributed by atoms with Gasteiger partial charge in [0.25, 0.3) is 11.8 Å². The first-order chi connectivity index (χ1) is 32.7. The van der Waals surface area contributed by atoms with Crippen molar-refractivity contribution in [3.63, 3.8) is 0 Å². The number of carbonyl (C=O) groups is 5. The van der Waals surface area contributed by atoms with Gasteiger partial charge in [0.15, 0.2) is 24.7 Å². The van der Waals surface area contributed by atoms with E-state index < -0.39 is 47.9 Å². The van der Waals surface area contributed by atoms with E-state index in [-0.39, 0.29) is 61.0 Å². The van der Waals surface area contributed by atoms with Crippen LogP contribution in [0.1, 0.15) is 132 Å². The summed E-state index contributed by atoms with van der Waals surface area (Å²) in [6.45, 7) is 2.65. The Balaban J connectivity index is 0.996. The number of carbonyl (C=O) groups excluding carboxylic acids is 5. The highest BCUT2D eigenvalue weighted by Gasteiger charge is 2.53. The first-order valence-corrected chi connectivity index (χ1v) is 24.3. The molecule has 368 valence electrons. The monoisotopic (exact) mass is 942 g/mol. The fraction of sp³-hybridized carbons (Fsp3) is 0.608. The number of unbranched alkanes of at least 4 members (excludes halogenated alkanes) is 5. The molecule has 0 bridgehead atoms. The number of hydrogen-bond donors (Lipinski definition) is 5. The van der Waals surface area contributed by atoms with Crippen LogP contribution in [0.4, 0.5) is 5.69 Å². The number of ether oxygens (including phenoxy) is 2. The lowest BCUT2D eigenvalue weighted by Gasteiger charge is -2.46. The van der Waals surface area contributed by atoms with E-state index in [1.54, 1.807) is 17.9 Å². The van der Waals surface area contributed by atoms with Gasteiger partial charge in [0.2, 0.25) is 24.3 Å².